The maximum atomic E-state index is 12.5. The van der Waals surface area contributed by atoms with Gasteiger partial charge in [-0.25, -0.2) is 0 Å². The average Bonchev–Trinajstić information content (AvgIpc) is 2.87. The molecule has 0 atom stereocenters. The molecule has 1 aliphatic rings. The largest absolute Gasteiger partial charge is 0.381 e. The fourth-order valence-electron chi connectivity index (χ4n) is 2.37. The number of benzene rings is 1. The summed E-state index contributed by atoms with van der Waals surface area (Å²) < 4.78 is 6.44. The third-order valence-corrected chi connectivity index (χ3v) is 4.30. The van der Waals surface area contributed by atoms with E-state index in [1.54, 1.807) is 11.3 Å². The molecule has 2 heterocycles. The molecule has 0 saturated carbocycles. The van der Waals surface area contributed by atoms with Crippen LogP contribution in [0.15, 0.2) is 29.6 Å². The number of thiophene rings is 1. The molecule has 0 amide bonds. The van der Waals surface area contributed by atoms with Crippen LogP contribution in [0.25, 0.3) is 10.1 Å². The third kappa shape index (κ3) is 2.01. The van der Waals surface area contributed by atoms with Gasteiger partial charge in [0.25, 0.3) is 0 Å². The first-order valence-corrected chi connectivity index (χ1v) is 6.82. The lowest BCUT2D eigenvalue weighted by Crippen LogP contribution is -2.23. The van der Waals surface area contributed by atoms with E-state index in [4.69, 9.17) is 4.74 Å². The van der Waals surface area contributed by atoms with Gasteiger partial charge in [-0.3, -0.25) is 4.79 Å². The predicted octanol–water partition coefficient (Wildman–Crippen LogP) is 3.51. The normalized spacial score (nSPS) is 17.4. The summed E-state index contributed by atoms with van der Waals surface area (Å²) in [5, 5.41) is 3.22. The maximum Gasteiger partial charge on any atom is 0.167 e. The van der Waals surface area contributed by atoms with E-state index in [0.29, 0.717) is 5.78 Å². The average molecular weight is 246 g/mol. The standard InChI is InChI=1S/C14H14O2S/c15-13(10-4-7-16-8-5-10)12-3-1-2-11-6-9-17-14(11)12/h1-3,6,9-10H,4-5,7-8H2. The molecule has 2 aromatic rings. The van der Waals surface area contributed by atoms with Gasteiger partial charge in [-0.05, 0) is 35.7 Å². The Morgan fingerprint density at radius 2 is 2.06 bits per heavy atom. The van der Waals surface area contributed by atoms with E-state index >= 15 is 0 Å². The number of rotatable bonds is 2. The number of Topliss-reactive ketones (excluding diaryl/α,β-unsaturated/α-hetero) is 1. The van der Waals surface area contributed by atoms with Crippen LogP contribution in [0.4, 0.5) is 0 Å². The van der Waals surface area contributed by atoms with Crippen molar-refractivity contribution in [3.63, 3.8) is 0 Å². The molecule has 1 saturated heterocycles. The van der Waals surface area contributed by atoms with Gasteiger partial charge in [-0.15, -0.1) is 11.3 Å². The van der Waals surface area contributed by atoms with Crippen LogP contribution in [-0.4, -0.2) is 19.0 Å². The topological polar surface area (TPSA) is 26.3 Å². The first-order chi connectivity index (χ1) is 8.36. The molecular formula is C14H14O2S. The monoisotopic (exact) mass is 246 g/mol. The first-order valence-electron chi connectivity index (χ1n) is 5.94. The lowest BCUT2D eigenvalue weighted by molar-refractivity contribution is 0.0546. The summed E-state index contributed by atoms with van der Waals surface area (Å²) in [6.07, 6.45) is 1.72. The predicted molar refractivity (Wildman–Crippen MR) is 69.7 cm³/mol. The quantitative estimate of drug-likeness (QED) is 0.758. The van der Waals surface area contributed by atoms with Crippen molar-refractivity contribution in [1.29, 1.82) is 0 Å². The van der Waals surface area contributed by atoms with Crippen molar-refractivity contribution in [2.75, 3.05) is 13.2 Å². The molecule has 1 aromatic heterocycles. The van der Waals surface area contributed by atoms with Crippen LogP contribution in [0, 0.1) is 5.92 Å². The fourth-order valence-corrected chi connectivity index (χ4v) is 3.29. The summed E-state index contributed by atoms with van der Waals surface area (Å²) >= 11 is 1.65. The van der Waals surface area contributed by atoms with Crippen molar-refractivity contribution in [2.24, 2.45) is 5.92 Å². The molecular weight excluding hydrogens is 232 g/mol. The minimum atomic E-state index is 0.149. The highest BCUT2D eigenvalue weighted by molar-refractivity contribution is 7.17. The Hall–Kier alpha value is -1.19. The molecule has 2 nitrogen and oxygen atoms in total. The van der Waals surface area contributed by atoms with Gasteiger partial charge in [0.2, 0.25) is 0 Å². The van der Waals surface area contributed by atoms with Gasteiger partial charge in [0.05, 0.1) is 0 Å². The van der Waals surface area contributed by atoms with Crippen LogP contribution in [0.3, 0.4) is 0 Å². The Kier molecular flexibility index (Phi) is 2.95. The summed E-state index contributed by atoms with van der Waals surface area (Å²) in [5.41, 5.74) is 0.893. The molecule has 0 bridgehead atoms. The van der Waals surface area contributed by atoms with Crippen molar-refractivity contribution in [2.45, 2.75) is 12.8 Å². The van der Waals surface area contributed by atoms with E-state index < -0.39 is 0 Å². The van der Waals surface area contributed by atoms with E-state index in [9.17, 15) is 4.79 Å². The van der Waals surface area contributed by atoms with E-state index in [1.165, 1.54) is 5.39 Å². The zero-order valence-corrected chi connectivity index (χ0v) is 10.3. The number of carbonyl (C=O) groups is 1. The maximum absolute atomic E-state index is 12.5. The molecule has 0 aliphatic carbocycles. The second-order valence-electron chi connectivity index (χ2n) is 4.40. The molecule has 1 aromatic carbocycles. The first kappa shape index (κ1) is 10.9. The molecule has 1 aliphatic heterocycles. The summed E-state index contributed by atoms with van der Waals surface area (Å²) in [6.45, 7) is 1.44. The fraction of sp³-hybridized carbons (Fsp3) is 0.357. The van der Waals surface area contributed by atoms with Crippen LogP contribution in [-0.2, 0) is 4.74 Å². The van der Waals surface area contributed by atoms with Crippen LogP contribution in [0.2, 0.25) is 0 Å². The minimum Gasteiger partial charge on any atom is -0.381 e. The number of fused-ring (bicyclic) bond motifs is 1. The van der Waals surface area contributed by atoms with Gasteiger partial charge in [0.15, 0.2) is 5.78 Å². The molecule has 0 spiro atoms. The second kappa shape index (κ2) is 4.59. The van der Waals surface area contributed by atoms with Gasteiger partial charge >= 0.3 is 0 Å². The minimum absolute atomic E-state index is 0.149. The molecule has 0 N–H and O–H groups in total. The van der Waals surface area contributed by atoms with Crippen LogP contribution >= 0.6 is 11.3 Å². The lowest BCUT2D eigenvalue weighted by Gasteiger charge is -2.21. The van der Waals surface area contributed by atoms with Crippen molar-refractivity contribution < 1.29 is 9.53 Å². The van der Waals surface area contributed by atoms with Crippen LogP contribution in [0.1, 0.15) is 23.2 Å². The van der Waals surface area contributed by atoms with E-state index in [-0.39, 0.29) is 5.92 Å². The van der Waals surface area contributed by atoms with Crippen molar-refractivity contribution in [1.82, 2.24) is 0 Å². The van der Waals surface area contributed by atoms with E-state index in [1.807, 2.05) is 17.5 Å². The molecule has 0 unspecified atom stereocenters. The number of carbonyl (C=O) groups excluding carboxylic acids is 1. The summed E-state index contributed by atoms with van der Waals surface area (Å²) in [7, 11) is 0. The molecule has 1 fully saturated rings. The summed E-state index contributed by atoms with van der Waals surface area (Å²) in [4.78, 5) is 12.5. The number of ketones is 1. The summed E-state index contributed by atoms with van der Waals surface area (Å²) in [6, 6.07) is 8.06. The lowest BCUT2D eigenvalue weighted by atomic mass is 9.90. The molecule has 3 heteroatoms. The smallest absolute Gasteiger partial charge is 0.167 e. The Morgan fingerprint density at radius 3 is 2.88 bits per heavy atom. The highest BCUT2D eigenvalue weighted by Crippen LogP contribution is 2.29. The van der Waals surface area contributed by atoms with Crippen LogP contribution in [0.5, 0.6) is 0 Å². The van der Waals surface area contributed by atoms with Crippen molar-refractivity contribution in [3.8, 4) is 0 Å². The van der Waals surface area contributed by atoms with Crippen molar-refractivity contribution >= 4 is 27.2 Å². The number of hydrogen-bond acceptors (Lipinski definition) is 3. The number of hydrogen-bond donors (Lipinski definition) is 0. The molecule has 88 valence electrons. The molecule has 3 rings (SSSR count). The Balaban J connectivity index is 1.97. The Morgan fingerprint density at radius 1 is 1.24 bits per heavy atom. The number of ether oxygens (including phenoxy) is 1. The van der Waals surface area contributed by atoms with Gasteiger partial charge in [-0.1, -0.05) is 12.1 Å². The van der Waals surface area contributed by atoms with Gasteiger partial charge in [0.1, 0.15) is 0 Å². The SMILES string of the molecule is O=C(c1cccc2ccsc12)C1CCOCC1. The highest BCUT2D eigenvalue weighted by atomic mass is 32.1. The van der Waals surface area contributed by atoms with Crippen LogP contribution < -0.4 is 0 Å². The highest BCUT2D eigenvalue weighted by Gasteiger charge is 2.24. The van der Waals surface area contributed by atoms with Crippen molar-refractivity contribution in [3.05, 3.63) is 35.2 Å². The zero-order valence-electron chi connectivity index (χ0n) is 9.52. The molecule has 17 heavy (non-hydrogen) atoms. The van der Waals surface area contributed by atoms with E-state index in [0.717, 1.165) is 36.3 Å². The summed E-state index contributed by atoms with van der Waals surface area (Å²) in [5.74, 6) is 0.442. The van der Waals surface area contributed by atoms with Gasteiger partial charge in [-0.2, -0.15) is 0 Å². The van der Waals surface area contributed by atoms with Gasteiger partial charge < -0.3 is 4.74 Å². The third-order valence-electron chi connectivity index (χ3n) is 3.34. The van der Waals surface area contributed by atoms with Gasteiger partial charge in [0, 0.05) is 29.4 Å². The molecule has 0 radical (unpaired) electrons. The van der Waals surface area contributed by atoms with E-state index in [2.05, 4.69) is 12.1 Å². The Labute approximate surface area is 104 Å². The Bertz CT molecular complexity index is 538. The zero-order chi connectivity index (χ0) is 11.7. The second-order valence-corrected chi connectivity index (χ2v) is 5.31.